The minimum atomic E-state index is -0.241. The first-order valence-corrected chi connectivity index (χ1v) is 5.09. The number of rotatable bonds is 4. The molecule has 88 valence electrons. The van der Waals surface area contributed by atoms with Gasteiger partial charge in [0.1, 0.15) is 0 Å². The summed E-state index contributed by atoms with van der Waals surface area (Å²) in [7, 11) is 1.62. The lowest BCUT2D eigenvalue weighted by Gasteiger charge is -2.16. The molecule has 0 aliphatic rings. The van der Waals surface area contributed by atoms with Crippen molar-refractivity contribution < 1.29 is 9.90 Å². The Hall–Kier alpha value is -1.59. The van der Waals surface area contributed by atoms with E-state index in [2.05, 4.69) is 5.32 Å². The van der Waals surface area contributed by atoms with Crippen molar-refractivity contribution >= 4 is 11.7 Å². The maximum atomic E-state index is 11.5. The van der Waals surface area contributed by atoms with Crippen molar-refractivity contribution in [1.82, 2.24) is 4.90 Å². The zero-order valence-corrected chi connectivity index (χ0v) is 9.31. The number of nitrogens with zero attached hydrogens (tertiary/aromatic N) is 1. The first-order valence-electron chi connectivity index (χ1n) is 5.09. The van der Waals surface area contributed by atoms with Crippen LogP contribution in [0.1, 0.15) is 5.56 Å². The zero-order valence-electron chi connectivity index (χ0n) is 9.31. The van der Waals surface area contributed by atoms with Gasteiger partial charge in [-0.05, 0) is 17.7 Å². The highest BCUT2D eigenvalue weighted by molar-refractivity contribution is 5.89. The summed E-state index contributed by atoms with van der Waals surface area (Å²) >= 11 is 0. The number of nitrogens with one attached hydrogen (secondary N) is 1. The number of aliphatic hydroxyl groups is 1. The van der Waals surface area contributed by atoms with Crippen LogP contribution >= 0.6 is 0 Å². The third-order valence-corrected chi connectivity index (χ3v) is 2.22. The Bertz CT molecular complexity index is 338. The Morgan fingerprint density at radius 1 is 1.44 bits per heavy atom. The van der Waals surface area contributed by atoms with Gasteiger partial charge in [-0.2, -0.15) is 0 Å². The fourth-order valence-electron chi connectivity index (χ4n) is 1.19. The molecule has 0 atom stereocenters. The topological polar surface area (TPSA) is 78.6 Å². The van der Waals surface area contributed by atoms with Gasteiger partial charge in [-0.1, -0.05) is 12.1 Å². The molecular formula is C11H17N3O2. The van der Waals surface area contributed by atoms with Crippen LogP contribution in [0.25, 0.3) is 0 Å². The van der Waals surface area contributed by atoms with Gasteiger partial charge in [0.05, 0.1) is 6.61 Å². The van der Waals surface area contributed by atoms with Crippen molar-refractivity contribution in [3.8, 4) is 0 Å². The van der Waals surface area contributed by atoms with E-state index in [0.29, 0.717) is 18.8 Å². The average molecular weight is 223 g/mol. The molecule has 0 heterocycles. The highest BCUT2D eigenvalue weighted by atomic mass is 16.3. The Morgan fingerprint density at radius 2 is 2.06 bits per heavy atom. The summed E-state index contributed by atoms with van der Waals surface area (Å²) in [6, 6.07) is 7.08. The first-order chi connectivity index (χ1) is 7.67. The lowest BCUT2D eigenvalue weighted by molar-refractivity contribution is 0.202. The maximum absolute atomic E-state index is 11.5. The molecule has 0 saturated heterocycles. The van der Waals surface area contributed by atoms with Crippen LogP contribution in [0, 0.1) is 0 Å². The fraction of sp³-hybridized carbons (Fsp3) is 0.364. The number of urea groups is 1. The summed E-state index contributed by atoms with van der Waals surface area (Å²) in [5, 5.41) is 11.4. The highest BCUT2D eigenvalue weighted by Crippen LogP contribution is 2.09. The SMILES string of the molecule is CN(CCO)C(=O)Nc1ccc(CN)cc1. The summed E-state index contributed by atoms with van der Waals surface area (Å²) in [6.07, 6.45) is 0. The number of benzene rings is 1. The van der Waals surface area contributed by atoms with Crippen molar-refractivity contribution in [3.63, 3.8) is 0 Å². The summed E-state index contributed by atoms with van der Waals surface area (Å²) in [4.78, 5) is 12.9. The van der Waals surface area contributed by atoms with E-state index < -0.39 is 0 Å². The molecule has 0 bridgehead atoms. The van der Waals surface area contributed by atoms with Gasteiger partial charge in [0, 0.05) is 25.8 Å². The van der Waals surface area contributed by atoms with Crippen LogP contribution in [-0.2, 0) is 6.54 Å². The molecular weight excluding hydrogens is 206 g/mol. The van der Waals surface area contributed by atoms with E-state index >= 15 is 0 Å². The number of nitrogens with two attached hydrogens (primary N) is 1. The number of aliphatic hydroxyl groups excluding tert-OH is 1. The molecule has 4 N–H and O–H groups in total. The van der Waals surface area contributed by atoms with Gasteiger partial charge in [0.25, 0.3) is 0 Å². The van der Waals surface area contributed by atoms with Crippen LogP contribution in [0.5, 0.6) is 0 Å². The molecule has 5 heteroatoms. The molecule has 0 aliphatic carbocycles. The monoisotopic (exact) mass is 223 g/mol. The van der Waals surface area contributed by atoms with E-state index in [1.165, 1.54) is 4.90 Å². The fourth-order valence-corrected chi connectivity index (χ4v) is 1.19. The van der Waals surface area contributed by atoms with Crippen LogP contribution in [0.3, 0.4) is 0 Å². The van der Waals surface area contributed by atoms with Gasteiger partial charge in [-0.3, -0.25) is 0 Å². The van der Waals surface area contributed by atoms with Gasteiger partial charge >= 0.3 is 6.03 Å². The molecule has 0 radical (unpaired) electrons. The predicted molar refractivity (Wildman–Crippen MR) is 63.1 cm³/mol. The second-order valence-electron chi connectivity index (χ2n) is 3.48. The lowest BCUT2D eigenvalue weighted by Crippen LogP contribution is -2.33. The predicted octanol–water partition coefficient (Wildman–Crippen LogP) is 0.601. The zero-order chi connectivity index (χ0) is 12.0. The third-order valence-electron chi connectivity index (χ3n) is 2.22. The molecule has 5 nitrogen and oxygen atoms in total. The Morgan fingerprint density at radius 3 is 2.56 bits per heavy atom. The van der Waals surface area contributed by atoms with E-state index in [1.807, 2.05) is 12.1 Å². The van der Waals surface area contributed by atoms with Crippen molar-refractivity contribution in [1.29, 1.82) is 0 Å². The third kappa shape index (κ3) is 3.52. The lowest BCUT2D eigenvalue weighted by atomic mass is 10.2. The Balaban J connectivity index is 2.55. The summed E-state index contributed by atoms with van der Waals surface area (Å²) < 4.78 is 0. The quantitative estimate of drug-likeness (QED) is 0.699. The summed E-state index contributed by atoms with van der Waals surface area (Å²) in [5.41, 5.74) is 7.20. The minimum absolute atomic E-state index is 0.0456. The van der Waals surface area contributed by atoms with E-state index in [0.717, 1.165) is 5.56 Å². The summed E-state index contributed by atoms with van der Waals surface area (Å²) in [5.74, 6) is 0. The molecule has 0 spiro atoms. The molecule has 0 unspecified atom stereocenters. The molecule has 1 aromatic carbocycles. The molecule has 0 fully saturated rings. The van der Waals surface area contributed by atoms with Gasteiger partial charge in [0.15, 0.2) is 0 Å². The minimum Gasteiger partial charge on any atom is -0.395 e. The molecule has 0 aromatic heterocycles. The second-order valence-corrected chi connectivity index (χ2v) is 3.48. The maximum Gasteiger partial charge on any atom is 0.321 e. The number of amides is 2. The first kappa shape index (κ1) is 12.5. The number of anilines is 1. The number of hydrogen-bond acceptors (Lipinski definition) is 3. The van der Waals surface area contributed by atoms with E-state index in [-0.39, 0.29) is 12.6 Å². The normalized spacial score (nSPS) is 9.94. The van der Waals surface area contributed by atoms with Gasteiger partial charge < -0.3 is 21.1 Å². The van der Waals surface area contributed by atoms with Gasteiger partial charge in [-0.15, -0.1) is 0 Å². The molecule has 0 saturated carbocycles. The van der Waals surface area contributed by atoms with Crippen LogP contribution in [0.4, 0.5) is 10.5 Å². The van der Waals surface area contributed by atoms with Crippen molar-refractivity contribution in [3.05, 3.63) is 29.8 Å². The largest absolute Gasteiger partial charge is 0.395 e. The second kappa shape index (κ2) is 6.09. The van der Waals surface area contributed by atoms with E-state index in [1.54, 1.807) is 19.2 Å². The number of carbonyl (C=O) groups excluding carboxylic acids is 1. The van der Waals surface area contributed by atoms with E-state index in [9.17, 15) is 4.79 Å². The van der Waals surface area contributed by atoms with Crippen LogP contribution in [0.15, 0.2) is 24.3 Å². The van der Waals surface area contributed by atoms with Crippen LogP contribution in [-0.4, -0.2) is 36.2 Å². The molecule has 1 aromatic rings. The van der Waals surface area contributed by atoms with Crippen LogP contribution < -0.4 is 11.1 Å². The van der Waals surface area contributed by atoms with Crippen molar-refractivity contribution in [2.75, 3.05) is 25.5 Å². The standard InChI is InChI=1S/C11H17N3O2/c1-14(6-7-15)11(16)13-10-4-2-9(8-12)3-5-10/h2-5,15H,6-8,12H2,1H3,(H,13,16). The average Bonchev–Trinajstić information content (AvgIpc) is 2.30. The van der Waals surface area contributed by atoms with Crippen LogP contribution in [0.2, 0.25) is 0 Å². The van der Waals surface area contributed by atoms with Gasteiger partial charge in [0.2, 0.25) is 0 Å². The summed E-state index contributed by atoms with van der Waals surface area (Å²) in [6.45, 7) is 0.751. The number of likely N-dealkylation sites (N-methyl/N-ethyl adjacent to an activating group) is 1. The Labute approximate surface area is 94.9 Å². The Kier molecular flexibility index (Phi) is 4.75. The van der Waals surface area contributed by atoms with Crippen molar-refractivity contribution in [2.45, 2.75) is 6.54 Å². The smallest absolute Gasteiger partial charge is 0.321 e. The van der Waals surface area contributed by atoms with Crippen molar-refractivity contribution in [2.24, 2.45) is 5.73 Å². The molecule has 16 heavy (non-hydrogen) atoms. The highest BCUT2D eigenvalue weighted by Gasteiger charge is 2.07. The molecule has 1 rings (SSSR count). The van der Waals surface area contributed by atoms with Gasteiger partial charge in [-0.25, -0.2) is 4.79 Å². The number of hydrogen-bond donors (Lipinski definition) is 3. The molecule has 2 amide bonds. The van der Waals surface area contributed by atoms with E-state index in [4.69, 9.17) is 10.8 Å². The number of carbonyl (C=O) groups is 1. The molecule has 0 aliphatic heterocycles.